The van der Waals surface area contributed by atoms with Crippen LogP contribution >= 0.6 is 11.6 Å². The monoisotopic (exact) mass is 390 g/mol. The van der Waals surface area contributed by atoms with Crippen LogP contribution in [0, 0.1) is 5.82 Å². The van der Waals surface area contributed by atoms with E-state index in [0.717, 1.165) is 25.3 Å². The van der Waals surface area contributed by atoms with Gasteiger partial charge < -0.3 is 10.1 Å². The number of benzene rings is 2. The maximum Gasteiger partial charge on any atom is 0.227 e. The summed E-state index contributed by atoms with van der Waals surface area (Å²) in [6, 6.07) is 11.9. The molecule has 1 amide bonds. The fourth-order valence-corrected chi connectivity index (χ4v) is 3.41. The number of carbonyl (C=O) groups excluding carboxylic acids is 1. The van der Waals surface area contributed by atoms with Crippen LogP contribution in [0.25, 0.3) is 0 Å². The zero-order valence-electron chi connectivity index (χ0n) is 15.2. The van der Waals surface area contributed by atoms with E-state index in [4.69, 9.17) is 16.3 Å². The number of rotatable bonds is 7. The molecule has 4 nitrogen and oxygen atoms in total. The number of hydrogen-bond donors (Lipinski definition) is 1. The molecule has 0 aliphatic carbocycles. The number of likely N-dealkylation sites (tertiary alicyclic amines) is 1. The average molecular weight is 391 g/mol. The van der Waals surface area contributed by atoms with Crippen molar-refractivity contribution in [1.82, 2.24) is 4.90 Å². The third kappa shape index (κ3) is 6.22. The van der Waals surface area contributed by atoms with Crippen molar-refractivity contribution in [3.8, 4) is 5.75 Å². The van der Waals surface area contributed by atoms with Gasteiger partial charge >= 0.3 is 0 Å². The highest BCUT2D eigenvalue weighted by Crippen LogP contribution is 2.25. The molecular weight excluding hydrogens is 367 g/mol. The summed E-state index contributed by atoms with van der Waals surface area (Å²) >= 11 is 5.90. The minimum Gasteiger partial charge on any atom is -0.491 e. The molecule has 0 bridgehead atoms. The first-order chi connectivity index (χ1) is 13.1. The predicted molar refractivity (Wildman–Crippen MR) is 106 cm³/mol. The van der Waals surface area contributed by atoms with Gasteiger partial charge in [0.25, 0.3) is 0 Å². The van der Waals surface area contributed by atoms with Crippen LogP contribution in [0.4, 0.5) is 10.1 Å². The van der Waals surface area contributed by atoms with E-state index in [-0.39, 0.29) is 24.0 Å². The number of anilines is 1. The zero-order valence-corrected chi connectivity index (χ0v) is 16.0. The summed E-state index contributed by atoms with van der Waals surface area (Å²) in [6.45, 7) is 3.36. The number of hydrogen-bond acceptors (Lipinski definition) is 3. The topological polar surface area (TPSA) is 41.6 Å². The standard InChI is InChI=1S/C21H24ClFN2O2/c22-19-14-17(23)7-8-20(19)27-12-9-21(26)24-18-6-4-5-16(13-18)15-25-10-2-1-3-11-25/h4-8,13-14H,1-3,9-12,15H2,(H,24,26). The summed E-state index contributed by atoms with van der Waals surface area (Å²) in [5, 5.41) is 3.09. The van der Waals surface area contributed by atoms with Crippen LogP contribution < -0.4 is 10.1 Å². The van der Waals surface area contributed by atoms with Crippen LogP contribution in [0.3, 0.4) is 0 Å². The van der Waals surface area contributed by atoms with Crippen LogP contribution in [0.2, 0.25) is 5.02 Å². The summed E-state index contributed by atoms with van der Waals surface area (Å²) < 4.78 is 18.5. The van der Waals surface area contributed by atoms with E-state index in [0.29, 0.717) is 5.75 Å². The van der Waals surface area contributed by atoms with Crippen LogP contribution in [0.1, 0.15) is 31.2 Å². The number of piperidine rings is 1. The number of amides is 1. The van der Waals surface area contributed by atoms with E-state index < -0.39 is 5.82 Å². The molecule has 3 rings (SSSR count). The lowest BCUT2D eigenvalue weighted by atomic mass is 10.1. The van der Waals surface area contributed by atoms with Gasteiger partial charge in [-0.3, -0.25) is 9.69 Å². The van der Waals surface area contributed by atoms with Gasteiger partial charge in [0, 0.05) is 12.2 Å². The second kappa shape index (κ2) is 9.72. The largest absolute Gasteiger partial charge is 0.491 e. The van der Waals surface area contributed by atoms with Gasteiger partial charge in [-0.1, -0.05) is 30.2 Å². The van der Waals surface area contributed by atoms with Crippen molar-refractivity contribution in [1.29, 1.82) is 0 Å². The van der Waals surface area contributed by atoms with E-state index in [2.05, 4.69) is 16.3 Å². The minimum absolute atomic E-state index is 0.136. The summed E-state index contributed by atoms with van der Waals surface area (Å²) in [5.74, 6) is -0.188. The molecular formula is C21H24ClFN2O2. The quantitative estimate of drug-likeness (QED) is 0.733. The Balaban J connectivity index is 1.46. The molecule has 0 aromatic heterocycles. The number of ether oxygens (including phenoxy) is 1. The van der Waals surface area contributed by atoms with Crippen LogP contribution in [-0.2, 0) is 11.3 Å². The third-order valence-corrected chi connectivity index (χ3v) is 4.84. The van der Waals surface area contributed by atoms with Crippen molar-refractivity contribution in [2.75, 3.05) is 25.0 Å². The van der Waals surface area contributed by atoms with Crippen molar-refractivity contribution >= 4 is 23.2 Å². The molecule has 0 saturated carbocycles. The zero-order chi connectivity index (χ0) is 19.1. The number of carbonyl (C=O) groups is 1. The Morgan fingerprint density at radius 1 is 1.15 bits per heavy atom. The molecule has 0 spiro atoms. The molecule has 6 heteroatoms. The minimum atomic E-state index is -0.422. The van der Waals surface area contributed by atoms with Crippen LogP contribution in [0.15, 0.2) is 42.5 Å². The van der Waals surface area contributed by atoms with Crippen molar-refractivity contribution in [3.05, 3.63) is 58.9 Å². The van der Waals surface area contributed by atoms with E-state index >= 15 is 0 Å². The first kappa shape index (κ1) is 19.6. The molecule has 1 fully saturated rings. The lowest BCUT2D eigenvalue weighted by Crippen LogP contribution is -2.29. The van der Waals surface area contributed by atoms with Gasteiger partial charge in [-0.05, 0) is 61.8 Å². The first-order valence-corrected chi connectivity index (χ1v) is 9.67. The summed E-state index contributed by atoms with van der Waals surface area (Å²) in [7, 11) is 0. The Bertz CT molecular complexity index is 779. The van der Waals surface area contributed by atoms with Gasteiger partial charge in [-0.25, -0.2) is 4.39 Å². The van der Waals surface area contributed by atoms with Gasteiger partial charge in [0.2, 0.25) is 5.91 Å². The Morgan fingerprint density at radius 3 is 2.74 bits per heavy atom. The smallest absolute Gasteiger partial charge is 0.227 e. The summed E-state index contributed by atoms with van der Waals surface area (Å²) in [6.07, 6.45) is 4.02. The Hall–Kier alpha value is -2.11. The Morgan fingerprint density at radius 2 is 1.96 bits per heavy atom. The fourth-order valence-electron chi connectivity index (χ4n) is 3.19. The van der Waals surface area contributed by atoms with Gasteiger partial charge in [0.05, 0.1) is 18.1 Å². The normalized spacial score (nSPS) is 14.7. The lowest BCUT2D eigenvalue weighted by Gasteiger charge is -2.26. The highest BCUT2D eigenvalue weighted by molar-refractivity contribution is 6.32. The molecule has 144 valence electrons. The fraction of sp³-hybridized carbons (Fsp3) is 0.381. The highest BCUT2D eigenvalue weighted by atomic mass is 35.5. The second-order valence-electron chi connectivity index (χ2n) is 6.76. The predicted octanol–water partition coefficient (Wildman–Crippen LogP) is 4.87. The lowest BCUT2D eigenvalue weighted by molar-refractivity contribution is -0.116. The maximum absolute atomic E-state index is 13.0. The van der Waals surface area contributed by atoms with E-state index in [1.165, 1.54) is 43.0 Å². The van der Waals surface area contributed by atoms with Gasteiger partial charge in [-0.15, -0.1) is 0 Å². The van der Waals surface area contributed by atoms with Gasteiger partial charge in [-0.2, -0.15) is 0 Å². The molecule has 0 unspecified atom stereocenters. The molecule has 27 heavy (non-hydrogen) atoms. The molecule has 1 N–H and O–H groups in total. The maximum atomic E-state index is 13.0. The van der Waals surface area contributed by atoms with Crippen LogP contribution in [0.5, 0.6) is 5.75 Å². The average Bonchev–Trinajstić information content (AvgIpc) is 2.65. The number of nitrogens with zero attached hydrogens (tertiary/aromatic N) is 1. The molecule has 2 aromatic rings. The Kier molecular flexibility index (Phi) is 7.07. The third-order valence-electron chi connectivity index (χ3n) is 4.55. The molecule has 1 aliphatic heterocycles. The summed E-state index contributed by atoms with van der Waals surface area (Å²) in [5.41, 5.74) is 1.98. The molecule has 1 aliphatic rings. The molecule has 0 radical (unpaired) electrons. The highest BCUT2D eigenvalue weighted by Gasteiger charge is 2.11. The number of nitrogens with one attached hydrogen (secondary N) is 1. The molecule has 1 saturated heterocycles. The number of halogens is 2. The Labute approximate surface area is 164 Å². The first-order valence-electron chi connectivity index (χ1n) is 9.29. The van der Waals surface area contributed by atoms with Crippen molar-refractivity contribution in [2.24, 2.45) is 0 Å². The van der Waals surface area contributed by atoms with Crippen molar-refractivity contribution < 1.29 is 13.9 Å². The van der Waals surface area contributed by atoms with Crippen LogP contribution in [-0.4, -0.2) is 30.5 Å². The van der Waals surface area contributed by atoms with Crippen molar-refractivity contribution in [2.45, 2.75) is 32.2 Å². The molecule has 0 atom stereocenters. The van der Waals surface area contributed by atoms with Gasteiger partial charge in [0.15, 0.2) is 0 Å². The molecule has 1 heterocycles. The van der Waals surface area contributed by atoms with Gasteiger partial charge in [0.1, 0.15) is 11.6 Å². The van der Waals surface area contributed by atoms with E-state index in [9.17, 15) is 9.18 Å². The van der Waals surface area contributed by atoms with E-state index in [1.807, 2.05) is 18.2 Å². The molecule has 2 aromatic carbocycles. The van der Waals surface area contributed by atoms with Crippen molar-refractivity contribution in [3.63, 3.8) is 0 Å². The van der Waals surface area contributed by atoms with E-state index in [1.54, 1.807) is 0 Å². The summed E-state index contributed by atoms with van der Waals surface area (Å²) in [4.78, 5) is 14.6. The second-order valence-corrected chi connectivity index (χ2v) is 7.17. The SMILES string of the molecule is O=C(CCOc1ccc(F)cc1Cl)Nc1cccc(CN2CCCCC2)c1.